The topological polar surface area (TPSA) is 45.2 Å². The SMILES string of the molecule is CN(C)CCNC(=O)c1cncc(Br)c1. The molecule has 1 amide bonds. The van der Waals surface area contributed by atoms with E-state index in [1.165, 1.54) is 0 Å². The molecule has 0 aliphatic carbocycles. The van der Waals surface area contributed by atoms with Crippen molar-refractivity contribution in [3.63, 3.8) is 0 Å². The Morgan fingerprint density at radius 1 is 1.53 bits per heavy atom. The van der Waals surface area contributed by atoms with E-state index >= 15 is 0 Å². The smallest absolute Gasteiger partial charge is 0.252 e. The summed E-state index contributed by atoms with van der Waals surface area (Å²) in [6, 6.07) is 1.75. The van der Waals surface area contributed by atoms with Gasteiger partial charge >= 0.3 is 0 Å². The van der Waals surface area contributed by atoms with Gasteiger partial charge in [0.1, 0.15) is 0 Å². The molecule has 4 nitrogen and oxygen atoms in total. The van der Waals surface area contributed by atoms with Crippen molar-refractivity contribution < 1.29 is 4.79 Å². The Kier molecular flexibility index (Phi) is 4.71. The molecule has 1 heterocycles. The number of halogens is 1. The Labute approximate surface area is 97.8 Å². The van der Waals surface area contributed by atoms with Crippen LogP contribution in [0.25, 0.3) is 0 Å². The Bertz CT molecular complexity index is 341. The summed E-state index contributed by atoms with van der Waals surface area (Å²) in [5.41, 5.74) is 0.572. The highest BCUT2D eigenvalue weighted by Crippen LogP contribution is 2.08. The van der Waals surface area contributed by atoms with E-state index in [1.807, 2.05) is 19.0 Å². The summed E-state index contributed by atoms with van der Waals surface area (Å²) in [6.07, 6.45) is 3.20. The normalized spacial score (nSPS) is 10.4. The molecule has 82 valence electrons. The minimum atomic E-state index is -0.0920. The first kappa shape index (κ1) is 12.1. The third-order valence-corrected chi connectivity index (χ3v) is 2.25. The lowest BCUT2D eigenvalue weighted by molar-refractivity contribution is 0.0950. The van der Waals surface area contributed by atoms with Crippen LogP contribution in [0.2, 0.25) is 0 Å². The van der Waals surface area contributed by atoms with Gasteiger partial charge in [-0.3, -0.25) is 9.78 Å². The van der Waals surface area contributed by atoms with Crippen LogP contribution in [0.3, 0.4) is 0 Å². The predicted octanol–water partition coefficient (Wildman–Crippen LogP) is 1.14. The van der Waals surface area contributed by atoms with Crippen molar-refractivity contribution in [3.8, 4) is 0 Å². The number of rotatable bonds is 4. The van der Waals surface area contributed by atoms with Gasteiger partial charge in [0.15, 0.2) is 0 Å². The summed E-state index contributed by atoms with van der Waals surface area (Å²) >= 11 is 3.27. The lowest BCUT2D eigenvalue weighted by Gasteiger charge is -2.10. The summed E-state index contributed by atoms with van der Waals surface area (Å²) < 4.78 is 0.808. The fraction of sp³-hybridized carbons (Fsp3) is 0.400. The summed E-state index contributed by atoms with van der Waals surface area (Å²) in [7, 11) is 3.93. The average Bonchev–Trinajstić information content (AvgIpc) is 2.17. The minimum absolute atomic E-state index is 0.0920. The fourth-order valence-corrected chi connectivity index (χ4v) is 1.40. The molecule has 0 unspecified atom stereocenters. The van der Waals surface area contributed by atoms with E-state index in [1.54, 1.807) is 18.5 Å². The van der Waals surface area contributed by atoms with Crippen LogP contribution in [0, 0.1) is 0 Å². The van der Waals surface area contributed by atoms with E-state index < -0.39 is 0 Å². The molecule has 0 fully saturated rings. The highest BCUT2D eigenvalue weighted by Gasteiger charge is 2.05. The summed E-state index contributed by atoms with van der Waals surface area (Å²) in [4.78, 5) is 17.5. The van der Waals surface area contributed by atoms with E-state index in [4.69, 9.17) is 0 Å². The first-order valence-corrected chi connectivity index (χ1v) is 5.42. The van der Waals surface area contributed by atoms with Crippen LogP contribution in [0.4, 0.5) is 0 Å². The van der Waals surface area contributed by atoms with E-state index in [2.05, 4.69) is 26.2 Å². The maximum atomic E-state index is 11.6. The lowest BCUT2D eigenvalue weighted by Crippen LogP contribution is -2.31. The molecule has 1 N–H and O–H groups in total. The number of aromatic nitrogens is 1. The zero-order valence-electron chi connectivity index (χ0n) is 8.83. The molecule has 0 aromatic carbocycles. The zero-order valence-corrected chi connectivity index (χ0v) is 10.4. The van der Waals surface area contributed by atoms with Crippen molar-refractivity contribution in [2.24, 2.45) is 0 Å². The summed E-state index contributed by atoms with van der Waals surface area (Å²) in [5.74, 6) is -0.0920. The van der Waals surface area contributed by atoms with Crippen molar-refractivity contribution in [1.82, 2.24) is 15.2 Å². The Morgan fingerprint density at radius 3 is 2.87 bits per heavy atom. The lowest BCUT2D eigenvalue weighted by atomic mass is 10.3. The first-order valence-electron chi connectivity index (χ1n) is 4.63. The van der Waals surface area contributed by atoms with Crippen LogP contribution in [-0.4, -0.2) is 43.0 Å². The second-order valence-corrected chi connectivity index (χ2v) is 4.37. The maximum absolute atomic E-state index is 11.6. The van der Waals surface area contributed by atoms with Gasteiger partial charge in [0.2, 0.25) is 0 Å². The maximum Gasteiger partial charge on any atom is 0.252 e. The van der Waals surface area contributed by atoms with Crippen molar-refractivity contribution in [1.29, 1.82) is 0 Å². The average molecular weight is 272 g/mol. The second-order valence-electron chi connectivity index (χ2n) is 3.45. The van der Waals surface area contributed by atoms with Gasteiger partial charge in [-0.1, -0.05) is 0 Å². The molecular weight excluding hydrogens is 258 g/mol. The Hall–Kier alpha value is -0.940. The number of hydrogen-bond donors (Lipinski definition) is 1. The van der Waals surface area contributed by atoms with Crippen LogP contribution in [0.1, 0.15) is 10.4 Å². The number of nitrogens with zero attached hydrogens (tertiary/aromatic N) is 2. The molecule has 0 radical (unpaired) electrons. The van der Waals surface area contributed by atoms with E-state index in [0.717, 1.165) is 11.0 Å². The molecule has 0 aliphatic rings. The Balaban J connectivity index is 2.47. The Morgan fingerprint density at radius 2 is 2.27 bits per heavy atom. The molecule has 0 aliphatic heterocycles. The number of amides is 1. The molecule has 0 bridgehead atoms. The van der Waals surface area contributed by atoms with Gasteiger partial charge in [-0.2, -0.15) is 0 Å². The van der Waals surface area contributed by atoms with Crippen molar-refractivity contribution in [2.75, 3.05) is 27.2 Å². The van der Waals surface area contributed by atoms with Gasteiger partial charge in [-0.15, -0.1) is 0 Å². The number of hydrogen-bond acceptors (Lipinski definition) is 3. The van der Waals surface area contributed by atoms with Gasteiger partial charge in [0.25, 0.3) is 5.91 Å². The molecule has 1 rings (SSSR count). The number of pyridine rings is 1. The summed E-state index contributed by atoms with van der Waals surface area (Å²) in [5, 5.41) is 2.82. The van der Waals surface area contributed by atoms with Crippen molar-refractivity contribution in [2.45, 2.75) is 0 Å². The van der Waals surface area contributed by atoms with Crippen molar-refractivity contribution >= 4 is 21.8 Å². The molecule has 0 atom stereocenters. The zero-order chi connectivity index (χ0) is 11.3. The van der Waals surface area contributed by atoms with Crippen LogP contribution in [-0.2, 0) is 0 Å². The fourth-order valence-electron chi connectivity index (χ4n) is 1.03. The van der Waals surface area contributed by atoms with Gasteiger partial charge in [-0.05, 0) is 36.1 Å². The largest absolute Gasteiger partial charge is 0.351 e. The van der Waals surface area contributed by atoms with E-state index in [0.29, 0.717) is 12.1 Å². The van der Waals surface area contributed by atoms with E-state index in [9.17, 15) is 4.79 Å². The van der Waals surface area contributed by atoms with E-state index in [-0.39, 0.29) is 5.91 Å². The molecule has 0 saturated carbocycles. The van der Waals surface area contributed by atoms with Gasteiger partial charge in [0, 0.05) is 30.0 Å². The van der Waals surface area contributed by atoms with Crippen LogP contribution in [0.5, 0.6) is 0 Å². The molecular formula is C10H14BrN3O. The monoisotopic (exact) mass is 271 g/mol. The van der Waals surface area contributed by atoms with Crippen LogP contribution < -0.4 is 5.32 Å². The van der Waals surface area contributed by atoms with Gasteiger partial charge < -0.3 is 10.2 Å². The highest BCUT2D eigenvalue weighted by atomic mass is 79.9. The van der Waals surface area contributed by atoms with Crippen LogP contribution in [0.15, 0.2) is 22.9 Å². The molecule has 0 saturated heterocycles. The van der Waals surface area contributed by atoms with Crippen LogP contribution >= 0.6 is 15.9 Å². The number of likely N-dealkylation sites (N-methyl/N-ethyl adjacent to an activating group) is 1. The van der Waals surface area contributed by atoms with Gasteiger partial charge in [0.05, 0.1) is 5.56 Å². The standard InChI is InChI=1S/C10H14BrN3O/c1-14(2)4-3-13-10(15)8-5-9(11)7-12-6-8/h5-7H,3-4H2,1-2H3,(H,13,15). The molecule has 15 heavy (non-hydrogen) atoms. The van der Waals surface area contributed by atoms with Crippen molar-refractivity contribution in [3.05, 3.63) is 28.5 Å². The molecule has 1 aromatic rings. The highest BCUT2D eigenvalue weighted by molar-refractivity contribution is 9.10. The third kappa shape index (κ3) is 4.40. The second kappa shape index (κ2) is 5.82. The first-order chi connectivity index (χ1) is 7.09. The molecule has 5 heteroatoms. The number of carbonyl (C=O) groups is 1. The number of carbonyl (C=O) groups excluding carboxylic acids is 1. The number of nitrogens with one attached hydrogen (secondary N) is 1. The molecule has 0 spiro atoms. The predicted molar refractivity (Wildman–Crippen MR) is 62.8 cm³/mol. The molecule has 1 aromatic heterocycles. The summed E-state index contributed by atoms with van der Waals surface area (Å²) in [6.45, 7) is 1.46. The quantitative estimate of drug-likeness (QED) is 0.893. The third-order valence-electron chi connectivity index (χ3n) is 1.81. The minimum Gasteiger partial charge on any atom is -0.351 e. The van der Waals surface area contributed by atoms with Gasteiger partial charge in [-0.25, -0.2) is 0 Å².